The minimum Gasteiger partial charge on any atom is -0.383 e. The van der Waals surface area contributed by atoms with E-state index in [0.29, 0.717) is 19.7 Å². The van der Waals surface area contributed by atoms with Crippen LogP contribution in [-0.4, -0.2) is 59.2 Å². The van der Waals surface area contributed by atoms with Crippen LogP contribution in [-0.2, 0) is 19.6 Å². The molecule has 0 saturated heterocycles. The van der Waals surface area contributed by atoms with E-state index in [1.54, 1.807) is 7.11 Å². The molecule has 0 radical (unpaired) electrons. The van der Waals surface area contributed by atoms with Gasteiger partial charge in [0.05, 0.1) is 6.61 Å². The molecule has 1 aromatic rings. The Hall–Kier alpha value is -1.55. The number of rotatable bonds is 11. The summed E-state index contributed by atoms with van der Waals surface area (Å²) in [5.74, 6) is -0.206. The first-order valence-corrected chi connectivity index (χ1v) is 8.40. The van der Waals surface area contributed by atoms with Gasteiger partial charge in [-0.05, 0) is 12.1 Å². The molecule has 0 aromatic carbocycles. The van der Waals surface area contributed by atoms with Gasteiger partial charge in [0.15, 0.2) is 0 Å². The molecule has 1 rings (SSSR count). The highest BCUT2D eigenvalue weighted by Gasteiger charge is 2.13. The summed E-state index contributed by atoms with van der Waals surface area (Å²) in [7, 11) is -1.99. The maximum atomic E-state index is 11.9. The molecule has 22 heavy (non-hydrogen) atoms. The van der Waals surface area contributed by atoms with Crippen LogP contribution in [0.4, 0.5) is 0 Å². The number of aromatic nitrogens is 1. The van der Waals surface area contributed by atoms with Gasteiger partial charge in [0.1, 0.15) is 4.90 Å². The number of carbonyl (C=O) groups is 1. The largest absolute Gasteiger partial charge is 0.383 e. The Morgan fingerprint density at radius 2 is 2.09 bits per heavy atom. The minimum absolute atomic E-state index is 0.0418. The molecular weight excluding hydrogens is 308 g/mol. The molecule has 1 heterocycles. The monoisotopic (exact) mass is 330 g/mol. The summed E-state index contributed by atoms with van der Waals surface area (Å²) in [5.41, 5.74) is 0. The molecule has 124 valence electrons. The molecular formula is C13H22N4O4S. The number of sulfonamides is 1. The molecule has 1 aromatic heterocycles. The lowest BCUT2D eigenvalue weighted by Gasteiger charge is -2.08. The molecule has 0 aliphatic rings. The molecule has 0 atom stereocenters. The molecule has 0 bridgehead atoms. The maximum Gasteiger partial charge on any atom is 0.242 e. The topological polar surface area (TPSA) is 109 Å². The number of nitrogens with zero attached hydrogens (tertiary/aromatic N) is 1. The molecule has 3 N–H and O–H groups in total. The number of nitrogens with one attached hydrogen (secondary N) is 3. The van der Waals surface area contributed by atoms with E-state index in [4.69, 9.17) is 4.74 Å². The highest BCUT2D eigenvalue weighted by molar-refractivity contribution is 7.89. The number of ether oxygens (including phenoxy) is 1. The second kappa shape index (κ2) is 10.2. The van der Waals surface area contributed by atoms with Crippen molar-refractivity contribution in [3.63, 3.8) is 0 Å². The van der Waals surface area contributed by atoms with E-state index in [1.165, 1.54) is 24.5 Å². The first-order chi connectivity index (χ1) is 10.6. The molecule has 0 aliphatic carbocycles. The lowest BCUT2D eigenvalue weighted by Crippen LogP contribution is -2.35. The zero-order valence-corrected chi connectivity index (χ0v) is 13.4. The summed E-state index contributed by atoms with van der Waals surface area (Å²) in [6.45, 7) is 2.50. The molecule has 0 unspecified atom stereocenters. The average molecular weight is 330 g/mol. The van der Waals surface area contributed by atoms with Crippen molar-refractivity contribution in [2.45, 2.75) is 11.3 Å². The van der Waals surface area contributed by atoms with Gasteiger partial charge in [-0.1, -0.05) is 0 Å². The van der Waals surface area contributed by atoms with Crippen LogP contribution in [0.5, 0.6) is 0 Å². The van der Waals surface area contributed by atoms with Crippen LogP contribution in [0.3, 0.4) is 0 Å². The van der Waals surface area contributed by atoms with E-state index in [-0.39, 0.29) is 23.8 Å². The van der Waals surface area contributed by atoms with Gasteiger partial charge in [0, 0.05) is 52.1 Å². The first kappa shape index (κ1) is 18.5. The van der Waals surface area contributed by atoms with Crippen molar-refractivity contribution in [2.75, 3.05) is 39.9 Å². The fourth-order valence-electron chi connectivity index (χ4n) is 1.57. The Kier molecular flexibility index (Phi) is 8.60. The zero-order chi connectivity index (χ0) is 16.3. The van der Waals surface area contributed by atoms with Gasteiger partial charge in [-0.25, -0.2) is 13.1 Å². The Labute approximate surface area is 130 Å². The van der Waals surface area contributed by atoms with Gasteiger partial charge in [0.2, 0.25) is 15.9 Å². The predicted octanol–water partition coefficient (Wildman–Crippen LogP) is -0.898. The van der Waals surface area contributed by atoms with Crippen LogP contribution in [0.15, 0.2) is 29.4 Å². The third kappa shape index (κ3) is 7.46. The third-order valence-corrected chi connectivity index (χ3v) is 4.14. The van der Waals surface area contributed by atoms with E-state index in [0.717, 1.165) is 6.54 Å². The first-order valence-electron chi connectivity index (χ1n) is 6.92. The fourth-order valence-corrected chi connectivity index (χ4v) is 2.56. The molecule has 8 nitrogen and oxygen atoms in total. The van der Waals surface area contributed by atoms with Crippen LogP contribution in [0.25, 0.3) is 0 Å². The third-order valence-electron chi connectivity index (χ3n) is 2.70. The van der Waals surface area contributed by atoms with Crippen molar-refractivity contribution in [3.8, 4) is 0 Å². The molecule has 0 aliphatic heterocycles. The number of carbonyl (C=O) groups excluding carboxylic acids is 1. The normalized spacial score (nSPS) is 11.3. The summed E-state index contributed by atoms with van der Waals surface area (Å²) in [6.07, 6.45) is 2.83. The number of amides is 1. The summed E-state index contributed by atoms with van der Waals surface area (Å²) >= 11 is 0. The SMILES string of the molecule is COCCNCCNC(=O)CCNS(=O)(=O)c1cccnc1. The lowest BCUT2D eigenvalue weighted by molar-refractivity contribution is -0.120. The summed E-state index contributed by atoms with van der Waals surface area (Å²) in [6, 6.07) is 2.99. The Balaban J connectivity index is 2.17. The lowest BCUT2D eigenvalue weighted by atomic mass is 10.4. The van der Waals surface area contributed by atoms with Crippen molar-refractivity contribution in [2.24, 2.45) is 0 Å². The van der Waals surface area contributed by atoms with Crippen molar-refractivity contribution < 1.29 is 17.9 Å². The van der Waals surface area contributed by atoms with Crippen molar-refractivity contribution >= 4 is 15.9 Å². The highest BCUT2D eigenvalue weighted by atomic mass is 32.2. The quantitative estimate of drug-likeness (QED) is 0.454. The van der Waals surface area contributed by atoms with Crippen molar-refractivity contribution in [3.05, 3.63) is 24.5 Å². The Morgan fingerprint density at radius 3 is 2.77 bits per heavy atom. The molecule has 0 spiro atoms. The number of hydrogen-bond acceptors (Lipinski definition) is 6. The summed E-state index contributed by atoms with van der Waals surface area (Å²) in [5, 5.41) is 5.78. The average Bonchev–Trinajstić information content (AvgIpc) is 2.51. The number of pyridine rings is 1. The van der Waals surface area contributed by atoms with Gasteiger partial charge in [-0.2, -0.15) is 0 Å². The molecule has 1 amide bonds. The van der Waals surface area contributed by atoms with Crippen molar-refractivity contribution in [1.29, 1.82) is 0 Å². The maximum absolute atomic E-state index is 11.9. The van der Waals surface area contributed by atoms with Gasteiger partial charge < -0.3 is 15.4 Å². The van der Waals surface area contributed by atoms with Gasteiger partial charge >= 0.3 is 0 Å². The van der Waals surface area contributed by atoms with E-state index in [9.17, 15) is 13.2 Å². The second-order valence-electron chi connectivity index (χ2n) is 4.43. The number of methoxy groups -OCH3 is 1. The summed E-state index contributed by atoms with van der Waals surface area (Å²) in [4.78, 5) is 15.4. The molecule has 9 heteroatoms. The smallest absolute Gasteiger partial charge is 0.242 e. The Bertz CT molecular complexity index is 536. The van der Waals surface area contributed by atoms with Gasteiger partial charge in [0.25, 0.3) is 0 Å². The van der Waals surface area contributed by atoms with Crippen LogP contribution >= 0.6 is 0 Å². The van der Waals surface area contributed by atoms with Crippen LogP contribution in [0.2, 0.25) is 0 Å². The predicted molar refractivity (Wildman–Crippen MR) is 81.8 cm³/mol. The Morgan fingerprint density at radius 1 is 1.27 bits per heavy atom. The molecule has 0 saturated carbocycles. The van der Waals surface area contributed by atoms with Crippen LogP contribution < -0.4 is 15.4 Å². The fraction of sp³-hybridized carbons (Fsp3) is 0.538. The van der Waals surface area contributed by atoms with Gasteiger partial charge in [-0.3, -0.25) is 9.78 Å². The van der Waals surface area contributed by atoms with Crippen molar-refractivity contribution in [1.82, 2.24) is 20.3 Å². The molecule has 0 fully saturated rings. The highest BCUT2D eigenvalue weighted by Crippen LogP contribution is 2.04. The van der Waals surface area contributed by atoms with E-state index < -0.39 is 10.0 Å². The van der Waals surface area contributed by atoms with Crippen LogP contribution in [0.1, 0.15) is 6.42 Å². The zero-order valence-electron chi connectivity index (χ0n) is 12.5. The van der Waals surface area contributed by atoms with Gasteiger partial charge in [-0.15, -0.1) is 0 Å². The van der Waals surface area contributed by atoms with E-state index in [2.05, 4.69) is 20.3 Å². The summed E-state index contributed by atoms with van der Waals surface area (Å²) < 4.78 is 31.0. The second-order valence-corrected chi connectivity index (χ2v) is 6.20. The standard InChI is InChI=1S/C13H22N4O4S/c1-21-10-9-14-7-8-16-13(18)4-6-17-22(19,20)12-3-2-5-15-11-12/h2-3,5,11,14,17H,4,6-10H2,1H3,(H,16,18). The minimum atomic E-state index is -3.61. The van der Waals surface area contributed by atoms with Crippen LogP contribution in [0, 0.1) is 0 Å². The van der Waals surface area contributed by atoms with E-state index in [1.807, 2.05) is 0 Å². The van der Waals surface area contributed by atoms with E-state index >= 15 is 0 Å². The number of hydrogen-bond donors (Lipinski definition) is 3.